The van der Waals surface area contributed by atoms with Gasteiger partial charge in [-0.3, -0.25) is 14.7 Å². The van der Waals surface area contributed by atoms with Crippen LogP contribution in [0.4, 0.5) is 0 Å². The van der Waals surface area contributed by atoms with Crippen LogP contribution in [0.5, 0.6) is 0 Å². The lowest BCUT2D eigenvalue weighted by Gasteiger charge is -2.34. The number of aromatic nitrogens is 1. The van der Waals surface area contributed by atoms with E-state index in [9.17, 15) is 4.79 Å². The number of carbonyl (C=O) groups excluding carboxylic acids is 1. The topological polar surface area (TPSA) is 33.2 Å². The highest BCUT2D eigenvalue weighted by atomic mass is 16.1. The lowest BCUT2D eigenvalue weighted by molar-refractivity contribution is -0.123. The molecule has 0 spiro atoms. The van der Waals surface area contributed by atoms with Crippen molar-refractivity contribution >= 4 is 5.78 Å². The Kier molecular flexibility index (Phi) is 2.71. The number of fused-ring (bicyclic) bond motifs is 2. The second kappa shape index (κ2) is 4.22. The summed E-state index contributed by atoms with van der Waals surface area (Å²) in [6.07, 6.45) is 7.70. The molecule has 0 aromatic carbocycles. The Hall–Kier alpha value is -1.22. The van der Waals surface area contributed by atoms with E-state index in [4.69, 9.17) is 0 Å². The van der Waals surface area contributed by atoms with Crippen molar-refractivity contribution in [3.05, 3.63) is 29.6 Å². The van der Waals surface area contributed by atoms with Crippen LogP contribution < -0.4 is 0 Å². The van der Waals surface area contributed by atoms with Crippen LogP contribution in [0.15, 0.2) is 18.5 Å². The van der Waals surface area contributed by atoms with E-state index in [1.807, 2.05) is 12.4 Å². The third-order valence-electron chi connectivity index (χ3n) is 4.20. The Balaban J connectivity index is 1.79. The largest absolute Gasteiger partial charge is 0.300 e. The number of pyridine rings is 1. The zero-order valence-corrected chi connectivity index (χ0v) is 10.2. The molecule has 3 nitrogen and oxygen atoms in total. The van der Waals surface area contributed by atoms with Crippen LogP contribution in [-0.4, -0.2) is 27.8 Å². The van der Waals surface area contributed by atoms with Gasteiger partial charge >= 0.3 is 0 Å². The van der Waals surface area contributed by atoms with Crippen molar-refractivity contribution in [3.63, 3.8) is 0 Å². The Morgan fingerprint density at radius 1 is 1.35 bits per heavy atom. The smallest absolute Gasteiger partial charge is 0.136 e. The van der Waals surface area contributed by atoms with Crippen LogP contribution in [-0.2, 0) is 11.3 Å². The summed E-state index contributed by atoms with van der Waals surface area (Å²) in [5.74, 6) is 0.455. The first kappa shape index (κ1) is 10.9. The van der Waals surface area contributed by atoms with Crippen molar-refractivity contribution in [2.75, 3.05) is 0 Å². The summed E-state index contributed by atoms with van der Waals surface area (Å²) in [6.45, 7) is 3.09. The first-order valence-electron chi connectivity index (χ1n) is 6.41. The van der Waals surface area contributed by atoms with E-state index < -0.39 is 0 Å². The molecule has 17 heavy (non-hydrogen) atoms. The second-order valence-corrected chi connectivity index (χ2v) is 5.31. The molecule has 90 valence electrons. The molecule has 0 N–H and O–H groups in total. The molecule has 3 heterocycles. The van der Waals surface area contributed by atoms with Gasteiger partial charge in [-0.2, -0.15) is 0 Å². The van der Waals surface area contributed by atoms with Gasteiger partial charge in [0.25, 0.3) is 0 Å². The predicted molar refractivity (Wildman–Crippen MR) is 65.6 cm³/mol. The molecule has 1 aromatic heterocycles. The van der Waals surface area contributed by atoms with Crippen LogP contribution in [0.1, 0.15) is 36.8 Å². The number of hydrogen-bond donors (Lipinski definition) is 0. The zero-order chi connectivity index (χ0) is 11.8. The molecular weight excluding hydrogens is 212 g/mol. The fourth-order valence-electron chi connectivity index (χ4n) is 3.18. The molecule has 2 saturated heterocycles. The fourth-order valence-corrected chi connectivity index (χ4v) is 3.18. The first-order valence-corrected chi connectivity index (χ1v) is 6.41. The van der Waals surface area contributed by atoms with Gasteiger partial charge in [0, 0.05) is 43.9 Å². The van der Waals surface area contributed by atoms with Gasteiger partial charge in [-0.25, -0.2) is 0 Å². The summed E-state index contributed by atoms with van der Waals surface area (Å²) in [5.41, 5.74) is 2.61. The molecule has 1 aromatic rings. The van der Waals surface area contributed by atoms with Crippen LogP contribution in [0, 0.1) is 6.92 Å². The van der Waals surface area contributed by atoms with E-state index in [0.717, 1.165) is 19.4 Å². The van der Waals surface area contributed by atoms with E-state index in [2.05, 4.69) is 22.9 Å². The van der Waals surface area contributed by atoms with Crippen molar-refractivity contribution < 1.29 is 4.79 Å². The molecule has 2 atom stereocenters. The molecule has 2 bridgehead atoms. The Bertz CT molecular complexity index is 428. The highest BCUT2D eigenvalue weighted by Gasteiger charge is 2.39. The lowest BCUT2D eigenvalue weighted by atomic mass is 10.00. The third kappa shape index (κ3) is 2.00. The van der Waals surface area contributed by atoms with E-state index in [-0.39, 0.29) is 0 Å². The SMILES string of the molecule is Cc1ccncc1CN1C2CCC1CC(=O)C2. The van der Waals surface area contributed by atoms with E-state index >= 15 is 0 Å². The summed E-state index contributed by atoms with van der Waals surface area (Å²) >= 11 is 0. The molecule has 2 fully saturated rings. The van der Waals surface area contributed by atoms with Crippen molar-refractivity contribution in [1.29, 1.82) is 0 Å². The average molecular weight is 230 g/mol. The molecular formula is C14H18N2O. The number of ketones is 1. The van der Waals surface area contributed by atoms with Crippen molar-refractivity contribution in [3.8, 4) is 0 Å². The number of Topliss-reactive ketones (excluding diaryl/α,β-unsaturated/α-hetero) is 1. The van der Waals surface area contributed by atoms with Gasteiger partial charge in [-0.05, 0) is 37.0 Å². The number of hydrogen-bond acceptors (Lipinski definition) is 3. The summed E-state index contributed by atoms with van der Waals surface area (Å²) in [7, 11) is 0. The summed E-state index contributed by atoms with van der Waals surface area (Å²) in [6, 6.07) is 3.04. The third-order valence-corrected chi connectivity index (χ3v) is 4.20. The molecule has 2 unspecified atom stereocenters. The number of carbonyl (C=O) groups is 1. The highest BCUT2D eigenvalue weighted by molar-refractivity contribution is 5.80. The lowest BCUT2D eigenvalue weighted by Crippen LogP contribution is -2.42. The van der Waals surface area contributed by atoms with E-state index in [0.29, 0.717) is 17.9 Å². The summed E-state index contributed by atoms with van der Waals surface area (Å²) < 4.78 is 0. The summed E-state index contributed by atoms with van der Waals surface area (Å²) in [5, 5.41) is 0. The molecule has 2 aliphatic rings. The van der Waals surface area contributed by atoms with Gasteiger partial charge in [-0.15, -0.1) is 0 Å². The quantitative estimate of drug-likeness (QED) is 0.780. The Morgan fingerprint density at radius 3 is 2.71 bits per heavy atom. The van der Waals surface area contributed by atoms with Crippen molar-refractivity contribution in [2.24, 2.45) is 0 Å². The average Bonchev–Trinajstić information content (AvgIpc) is 2.56. The highest BCUT2D eigenvalue weighted by Crippen LogP contribution is 2.35. The molecule has 3 heteroatoms. The monoisotopic (exact) mass is 230 g/mol. The van der Waals surface area contributed by atoms with Gasteiger partial charge in [0.15, 0.2) is 0 Å². The fraction of sp³-hybridized carbons (Fsp3) is 0.571. The van der Waals surface area contributed by atoms with Crippen molar-refractivity contribution in [1.82, 2.24) is 9.88 Å². The van der Waals surface area contributed by atoms with Gasteiger partial charge in [0.1, 0.15) is 5.78 Å². The number of nitrogens with zero attached hydrogens (tertiary/aromatic N) is 2. The minimum Gasteiger partial charge on any atom is -0.300 e. The molecule has 0 amide bonds. The molecule has 3 rings (SSSR count). The second-order valence-electron chi connectivity index (χ2n) is 5.31. The van der Waals surface area contributed by atoms with Gasteiger partial charge in [0.05, 0.1) is 0 Å². The summed E-state index contributed by atoms with van der Waals surface area (Å²) in [4.78, 5) is 18.3. The normalized spacial score (nSPS) is 28.6. The Morgan fingerprint density at radius 2 is 2.06 bits per heavy atom. The predicted octanol–water partition coefficient (Wildman–Crippen LogP) is 2.09. The number of aryl methyl sites for hydroxylation is 1. The maximum Gasteiger partial charge on any atom is 0.136 e. The van der Waals surface area contributed by atoms with E-state index in [1.165, 1.54) is 24.0 Å². The van der Waals surface area contributed by atoms with Gasteiger partial charge in [0.2, 0.25) is 0 Å². The standard InChI is InChI=1S/C14H18N2O/c1-10-4-5-15-8-11(10)9-16-12-2-3-13(16)7-14(17)6-12/h4-5,8,12-13H,2-3,6-7,9H2,1H3. The maximum atomic E-state index is 11.5. The minimum absolute atomic E-state index is 0.455. The Labute approximate surface area is 102 Å². The van der Waals surface area contributed by atoms with Gasteiger partial charge < -0.3 is 0 Å². The number of rotatable bonds is 2. The van der Waals surface area contributed by atoms with Crippen LogP contribution in [0.3, 0.4) is 0 Å². The number of piperidine rings is 1. The van der Waals surface area contributed by atoms with Crippen LogP contribution >= 0.6 is 0 Å². The van der Waals surface area contributed by atoms with Crippen molar-refractivity contribution in [2.45, 2.75) is 51.2 Å². The molecule has 0 aliphatic carbocycles. The maximum absolute atomic E-state index is 11.5. The first-order chi connectivity index (χ1) is 8.24. The molecule has 0 radical (unpaired) electrons. The van der Waals surface area contributed by atoms with Crippen LogP contribution in [0.25, 0.3) is 0 Å². The zero-order valence-electron chi connectivity index (χ0n) is 10.2. The molecule has 0 saturated carbocycles. The minimum atomic E-state index is 0.455. The van der Waals surface area contributed by atoms with E-state index in [1.54, 1.807) is 0 Å². The molecule has 2 aliphatic heterocycles. The van der Waals surface area contributed by atoms with Crippen LogP contribution in [0.2, 0.25) is 0 Å². The van der Waals surface area contributed by atoms with Gasteiger partial charge in [-0.1, -0.05) is 0 Å².